The predicted molar refractivity (Wildman–Crippen MR) is 67.7 cm³/mol. The van der Waals surface area contributed by atoms with Gasteiger partial charge in [0.15, 0.2) is 0 Å². The molecule has 0 saturated carbocycles. The highest BCUT2D eigenvalue weighted by Crippen LogP contribution is 2.32. The van der Waals surface area contributed by atoms with Crippen molar-refractivity contribution >= 4 is 38.9 Å². The first kappa shape index (κ1) is 11.9. The van der Waals surface area contributed by atoms with E-state index in [2.05, 4.69) is 34.2 Å². The second-order valence-electron chi connectivity index (χ2n) is 4.05. The van der Waals surface area contributed by atoms with Gasteiger partial charge in [-0.3, -0.25) is 0 Å². The number of rotatable bonds is 3. The van der Waals surface area contributed by atoms with Crippen LogP contribution in [-0.4, -0.2) is 18.8 Å². The molecule has 1 aromatic heterocycles. The van der Waals surface area contributed by atoms with Crippen molar-refractivity contribution in [2.45, 2.75) is 25.4 Å². The van der Waals surface area contributed by atoms with E-state index < -0.39 is 0 Å². The van der Waals surface area contributed by atoms with E-state index in [1.807, 2.05) is 0 Å². The van der Waals surface area contributed by atoms with Crippen molar-refractivity contribution in [1.82, 2.24) is 5.32 Å². The maximum absolute atomic E-state index is 5.98. The van der Waals surface area contributed by atoms with E-state index in [1.165, 1.54) is 4.88 Å². The summed E-state index contributed by atoms with van der Waals surface area (Å²) in [5.41, 5.74) is 0.128. The van der Waals surface area contributed by atoms with Gasteiger partial charge in [0.05, 0.1) is 6.61 Å². The van der Waals surface area contributed by atoms with Gasteiger partial charge in [-0.2, -0.15) is 0 Å². The average Bonchev–Trinajstić information content (AvgIpc) is 2.73. The van der Waals surface area contributed by atoms with Gasteiger partial charge in [-0.25, -0.2) is 0 Å². The van der Waals surface area contributed by atoms with E-state index in [0.717, 1.165) is 35.0 Å². The zero-order valence-corrected chi connectivity index (χ0v) is 11.6. The van der Waals surface area contributed by atoms with Gasteiger partial charge in [-0.1, -0.05) is 11.6 Å². The first-order valence-electron chi connectivity index (χ1n) is 4.86. The van der Waals surface area contributed by atoms with E-state index >= 15 is 0 Å². The van der Waals surface area contributed by atoms with Gasteiger partial charge in [-0.05, 0) is 35.3 Å². The van der Waals surface area contributed by atoms with Crippen molar-refractivity contribution in [2.24, 2.45) is 0 Å². The minimum absolute atomic E-state index is 0.128. The fraction of sp³-hybridized carbons (Fsp3) is 0.600. The van der Waals surface area contributed by atoms with Gasteiger partial charge < -0.3 is 10.1 Å². The first-order chi connectivity index (χ1) is 7.09. The van der Waals surface area contributed by atoms with Gasteiger partial charge >= 0.3 is 0 Å². The highest BCUT2D eigenvalue weighted by Gasteiger charge is 2.28. The van der Waals surface area contributed by atoms with Crippen LogP contribution in [-0.2, 0) is 11.3 Å². The lowest BCUT2D eigenvalue weighted by Gasteiger charge is -2.23. The number of halogens is 2. The quantitative estimate of drug-likeness (QED) is 0.923. The Balaban J connectivity index is 1.92. The maximum atomic E-state index is 5.98. The molecule has 1 N–H and O–H groups in total. The summed E-state index contributed by atoms with van der Waals surface area (Å²) < 4.78 is 7.19. The van der Waals surface area contributed by atoms with Crippen LogP contribution in [0.15, 0.2) is 10.5 Å². The van der Waals surface area contributed by atoms with Gasteiger partial charge in [0.25, 0.3) is 0 Å². The molecule has 15 heavy (non-hydrogen) atoms. The van der Waals surface area contributed by atoms with Crippen LogP contribution < -0.4 is 5.32 Å². The predicted octanol–water partition coefficient (Wildman–Crippen LogP) is 3.43. The molecule has 1 unspecified atom stereocenters. The fourth-order valence-electron chi connectivity index (χ4n) is 1.59. The summed E-state index contributed by atoms with van der Waals surface area (Å²) in [7, 11) is 0. The lowest BCUT2D eigenvalue weighted by atomic mass is 10.0. The van der Waals surface area contributed by atoms with E-state index in [-0.39, 0.29) is 5.54 Å². The second kappa shape index (κ2) is 4.72. The Kier molecular flexibility index (Phi) is 3.73. The Labute approximate surface area is 107 Å². The van der Waals surface area contributed by atoms with Gasteiger partial charge in [-0.15, -0.1) is 11.3 Å². The van der Waals surface area contributed by atoms with Crippen LogP contribution in [0.2, 0.25) is 4.34 Å². The van der Waals surface area contributed by atoms with E-state index in [4.69, 9.17) is 16.3 Å². The van der Waals surface area contributed by atoms with Crippen molar-refractivity contribution < 1.29 is 4.74 Å². The molecular formula is C10H13BrClNOS. The number of nitrogens with one attached hydrogen (secondary N) is 1. The molecule has 0 bridgehead atoms. The van der Waals surface area contributed by atoms with Gasteiger partial charge in [0.1, 0.15) is 4.34 Å². The SMILES string of the molecule is CC1(NCc2cc(Br)c(Cl)s2)CCOC1. The Hall–Kier alpha value is 0.390. The number of hydrogen-bond acceptors (Lipinski definition) is 3. The smallest absolute Gasteiger partial charge is 0.107 e. The Morgan fingerprint density at radius 1 is 1.73 bits per heavy atom. The van der Waals surface area contributed by atoms with Crippen molar-refractivity contribution in [3.8, 4) is 0 Å². The summed E-state index contributed by atoms with van der Waals surface area (Å²) in [6.45, 7) is 4.71. The first-order valence-corrected chi connectivity index (χ1v) is 6.84. The third-order valence-electron chi connectivity index (χ3n) is 2.60. The van der Waals surface area contributed by atoms with E-state index in [9.17, 15) is 0 Å². The zero-order chi connectivity index (χ0) is 10.9. The lowest BCUT2D eigenvalue weighted by molar-refractivity contribution is 0.171. The third-order valence-corrected chi connectivity index (χ3v) is 5.08. The minimum Gasteiger partial charge on any atom is -0.379 e. The minimum atomic E-state index is 0.128. The zero-order valence-electron chi connectivity index (χ0n) is 8.48. The Morgan fingerprint density at radius 3 is 3.07 bits per heavy atom. The largest absolute Gasteiger partial charge is 0.379 e. The van der Waals surface area contributed by atoms with Crippen molar-refractivity contribution in [2.75, 3.05) is 13.2 Å². The molecule has 2 rings (SSSR count). The number of hydrogen-bond donors (Lipinski definition) is 1. The molecular weight excluding hydrogens is 298 g/mol. The topological polar surface area (TPSA) is 21.3 Å². The molecule has 1 saturated heterocycles. The van der Waals surface area contributed by atoms with Crippen molar-refractivity contribution in [3.05, 3.63) is 19.8 Å². The highest BCUT2D eigenvalue weighted by atomic mass is 79.9. The van der Waals surface area contributed by atoms with Crippen LogP contribution in [0.3, 0.4) is 0 Å². The van der Waals surface area contributed by atoms with Crippen molar-refractivity contribution in [1.29, 1.82) is 0 Å². The molecule has 0 aliphatic carbocycles. The maximum Gasteiger partial charge on any atom is 0.107 e. The molecule has 2 nitrogen and oxygen atoms in total. The van der Waals surface area contributed by atoms with E-state index in [0.29, 0.717) is 0 Å². The summed E-state index contributed by atoms with van der Waals surface area (Å²) in [5.74, 6) is 0. The summed E-state index contributed by atoms with van der Waals surface area (Å²) in [5, 5.41) is 3.52. The lowest BCUT2D eigenvalue weighted by Crippen LogP contribution is -2.42. The second-order valence-corrected chi connectivity index (χ2v) is 6.64. The van der Waals surface area contributed by atoms with Crippen LogP contribution in [0, 0.1) is 0 Å². The van der Waals surface area contributed by atoms with Gasteiger partial charge in [0, 0.05) is 28.0 Å². The van der Waals surface area contributed by atoms with Crippen LogP contribution >= 0.6 is 38.9 Å². The van der Waals surface area contributed by atoms with Crippen LogP contribution in [0.5, 0.6) is 0 Å². The van der Waals surface area contributed by atoms with Crippen molar-refractivity contribution in [3.63, 3.8) is 0 Å². The van der Waals surface area contributed by atoms with Crippen LogP contribution in [0.4, 0.5) is 0 Å². The molecule has 0 radical (unpaired) electrons. The molecule has 1 aromatic rings. The molecule has 0 aromatic carbocycles. The number of ether oxygens (including phenoxy) is 1. The molecule has 0 spiro atoms. The monoisotopic (exact) mass is 309 g/mol. The normalized spacial score (nSPS) is 26.1. The molecule has 2 heterocycles. The molecule has 84 valence electrons. The molecule has 1 aliphatic rings. The standard InChI is InChI=1S/C10H13BrClNOS/c1-10(2-3-14-6-10)13-5-7-4-8(11)9(12)15-7/h4,13H,2-3,5-6H2,1H3. The number of thiophene rings is 1. The van der Waals surface area contributed by atoms with Gasteiger partial charge in [0.2, 0.25) is 0 Å². The summed E-state index contributed by atoms with van der Waals surface area (Å²) in [4.78, 5) is 1.25. The highest BCUT2D eigenvalue weighted by molar-refractivity contribution is 9.10. The van der Waals surface area contributed by atoms with Crippen LogP contribution in [0.25, 0.3) is 0 Å². The molecule has 5 heteroatoms. The third kappa shape index (κ3) is 2.94. The van der Waals surface area contributed by atoms with E-state index in [1.54, 1.807) is 11.3 Å². The Morgan fingerprint density at radius 2 is 2.53 bits per heavy atom. The molecule has 1 fully saturated rings. The molecule has 0 amide bonds. The molecule has 1 atom stereocenters. The summed E-state index contributed by atoms with van der Waals surface area (Å²) >= 11 is 11.0. The molecule has 1 aliphatic heterocycles. The fourth-order valence-corrected chi connectivity index (χ4v) is 3.32. The Bertz CT molecular complexity index is 330. The average molecular weight is 311 g/mol. The summed E-state index contributed by atoms with van der Waals surface area (Å²) in [6.07, 6.45) is 1.08. The summed E-state index contributed by atoms with van der Waals surface area (Å²) in [6, 6.07) is 2.07. The van der Waals surface area contributed by atoms with Crippen LogP contribution in [0.1, 0.15) is 18.2 Å².